The number of rotatable bonds is 3. The molecule has 2 aliphatic rings. The number of hydrogen-bond donors (Lipinski definition) is 2. The number of carbonyl (C=O) groups is 1. The van der Waals surface area contributed by atoms with Crippen LogP contribution < -0.4 is 20.5 Å². The lowest BCUT2D eigenvalue weighted by Gasteiger charge is -2.19. The van der Waals surface area contributed by atoms with Crippen LogP contribution in [0, 0.1) is 5.92 Å². The lowest BCUT2D eigenvalue weighted by molar-refractivity contribution is 0.0928. The number of fused-ring (bicyclic) bond motifs is 1. The standard InChI is InChI=1S/C14H18N2O3/c15-7-10-2-1-3-11(10)16-14(17)9-4-5-12-13(6-9)19-8-18-12/h4-6,10-11H,1-3,7-8,15H2,(H,16,17). The zero-order valence-electron chi connectivity index (χ0n) is 10.7. The van der Waals surface area contributed by atoms with Gasteiger partial charge in [0, 0.05) is 11.6 Å². The van der Waals surface area contributed by atoms with Crippen LogP contribution in [0.15, 0.2) is 18.2 Å². The van der Waals surface area contributed by atoms with Crippen LogP contribution in [0.25, 0.3) is 0 Å². The highest BCUT2D eigenvalue weighted by molar-refractivity contribution is 5.95. The third-order valence-corrected chi connectivity index (χ3v) is 3.91. The molecule has 1 aliphatic heterocycles. The summed E-state index contributed by atoms with van der Waals surface area (Å²) in [6.45, 7) is 0.852. The quantitative estimate of drug-likeness (QED) is 0.860. The molecule has 0 radical (unpaired) electrons. The Morgan fingerprint density at radius 2 is 2.16 bits per heavy atom. The van der Waals surface area contributed by atoms with Gasteiger partial charge in [-0.1, -0.05) is 6.42 Å². The third kappa shape index (κ3) is 2.38. The lowest BCUT2D eigenvalue weighted by Crippen LogP contribution is -2.39. The second-order valence-corrected chi connectivity index (χ2v) is 5.07. The third-order valence-electron chi connectivity index (χ3n) is 3.91. The first-order valence-electron chi connectivity index (χ1n) is 6.68. The Morgan fingerprint density at radius 3 is 3.00 bits per heavy atom. The van der Waals surface area contributed by atoms with Gasteiger partial charge in [0.1, 0.15) is 0 Å². The number of nitrogens with two attached hydrogens (primary N) is 1. The zero-order valence-corrected chi connectivity index (χ0v) is 10.7. The molecular weight excluding hydrogens is 244 g/mol. The summed E-state index contributed by atoms with van der Waals surface area (Å²) in [5.74, 6) is 1.66. The van der Waals surface area contributed by atoms with Crippen molar-refractivity contribution in [1.82, 2.24) is 5.32 Å². The highest BCUT2D eigenvalue weighted by Gasteiger charge is 2.28. The van der Waals surface area contributed by atoms with Gasteiger partial charge in [-0.15, -0.1) is 0 Å². The minimum Gasteiger partial charge on any atom is -0.454 e. The van der Waals surface area contributed by atoms with E-state index in [9.17, 15) is 4.79 Å². The first-order chi connectivity index (χ1) is 9.28. The number of benzene rings is 1. The molecule has 0 bridgehead atoms. The molecule has 0 aromatic heterocycles. The van der Waals surface area contributed by atoms with Crippen molar-refractivity contribution in [1.29, 1.82) is 0 Å². The summed E-state index contributed by atoms with van der Waals surface area (Å²) < 4.78 is 10.5. The van der Waals surface area contributed by atoms with Gasteiger partial charge in [-0.25, -0.2) is 0 Å². The minimum atomic E-state index is -0.0661. The largest absolute Gasteiger partial charge is 0.454 e. The van der Waals surface area contributed by atoms with E-state index in [1.807, 2.05) is 0 Å². The molecule has 3 N–H and O–H groups in total. The van der Waals surface area contributed by atoms with Gasteiger partial charge in [0.05, 0.1) is 0 Å². The van der Waals surface area contributed by atoms with E-state index in [0.717, 1.165) is 19.3 Å². The van der Waals surface area contributed by atoms with Crippen molar-refractivity contribution in [3.8, 4) is 11.5 Å². The number of hydrogen-bond acceptors (Lipinski definition) is 4. The summed E-state index contributed by atoms with van der Waals surface area (Å²) in [4.78, 5) is 12.2. The molecule has 1 aromatic carbocycles. The van der Waals surface area contributed by atoms with Crippen LogP contribution in [0.1, 0.15) is 29.6 Å². The molecule has 1 aromatic rings. The van der Waals surface area contributed by atoms with E-state index in [1.165, 1.54) is 0 Å². The van der Waals surface area contributed by atoms with Gasteiger partial charge in [0.25, 0.3) is 5.91 Å². The van der Waals surface area contributed by atoms with Crippen molar-refractivity contribution < 1.29 is 14.3 Å². The molecule has 1 heterocycles. The molecule has 5 heteroatoms. The van der Waals surface area contributed by atoms with Crippen molar-refractivity contribution in [2.75, 3.05) is 13.3 Å². The van der Waals surface area contributed by atoms with E-state index in [2.05, 4.69) is 5.32 Å². The summed E-state index contributed by atoms with van der Waals surface area (Å²) in [5, 5.41) is 3.07. The fourth-order valence-electron chi connectivity index (χ4n) is 2.80. The van der Waals surface area contributed by atoms with Crippen LogP contribution in [0.5, 0.6) is 11.5 Å². The smallest absolute Gasteiger partial charge is 0.251 e. The molecule has 0 saturated heterocycles. The maximum atomic E-state index is 12.2. The Labute approximate surface area is 112 Å². The van der Waals surface area contributed by atoms with Gasteiger partial charge < -0.3 is 20.5 Å². The number of nitrogens with one attached hydrogen (secondary N) is 1. The fraction of sp³-hybridized carbons (Fsp3) is 0.500. The average Bonchev–Trinajstić information content (AvgIpc) is 3.05. The highest BCUT2D eigenvalue weighted by atomic mass is 16.7. The summed E-state index contributed by atoms with van der Waals surface area (Å²) in [6, 6.07) is 5.45. The molecule has 1 saturated carbocycles. The fourth-order valence-corrected chi connectivity index (χ4v) is 2.80. The summed E-state index contributed by atoms with van der Waals surface area (Å²) >= 11 is 0. The Balaban J connectivity index is 1.70. The van der Waals surface area contributed by atoms with Crippen LogP contribution in [0.4, 0.5) is 0 Å². The molecule has 2 unspecified atom stereocenters. The predicted octanol–water partition coefficient (Wildman–Crippen LogP) is 1.27. The van der Waals surface area contributed by atoms with E-state index in [1.54, 1.807) is 18.2 Å². The van der Waals surface area contributed by atoms with E-state index in [-0.39, 0.29) is 18.7 Å². The van der Waals surface area contributed by atoms with Crippen molar-refractivity contribution in [2.24, 2.45) is 11.7 Å². The maximum Gasteiger partial charge on any atom is 0.251 e. The van der Waals surface area contributed by atoms with Gasteiger partial charge in [0.15, 0.2) is 11.5 Å². The second-order valence-electron chi connectivity index (χ2n) is 5.07. The summed E-state index contributed by atoms with van der Waals surface area (Å²) in [7, 11) is 0. The molecule has 1 fully saturated rings. The molecule has 2 atom stereocenters. The Bertz CT molecular complexity index is 490. The number of carbonyl (C=O) groups excluding carboxylic acids is 1. The zero-order chi connectivity index (χ0) is 13.2. The van der Waals surface area contributed by atoms with Gasteiger partial charge >= 0.3 is 0 Å². The molecule has 1 amide bonds. The van der Waals surface area contributed by atoms with Gasteiger partial charge in [-0.05, 0) is 43.5 Å². The second kappa shape index (κ2) is 5.09. The normalized spacial score (nSPS) is 24.5. The van der Waals surface area contributed by atoms with Gasteiger partial charge in [0.2, 0.25) is 6.79 Å². The van der Waals surface area contributed by atoms with Crippen LogP contribution in [0.3, 0.4) is 0 Å². The van der Waals surface area contributed by atoms with Crippen LogP contribution in [-0.4, -0.2) is 25.3 Å². The van der Waals surface area contributed by atoms with Crippen LogP contribution in [0.2, 0.25) is 0 Å². The van der Waals surface area contributed by atoms with Crippen molar-refractivity contribution >= 4 is 5.91 Å². The van der Waals surface area contributed by atoms with Gasteiger partial charge in [-0.3, -0.25) is 4.79 Å². The molecule has 3 rings (SSSR count). The molecule has 19 heavy (non-hydrogen) atoms. The average molecular weight is 262 g/mol. The molecule has 102 valence electrons. The van der Waals surface area contributed by atoms with Crippen LogP contribution >= 0.6 is 0 Å². The van der Waals surface area contributed by atoms with Crippen molar-refractivity contribution in [2.45, 2.75) is 25.3 Å². The monoisotopic (exact) mass is 262 g/mol. The molecule has 5 nitrogen and oxygen atoms in total. The van der Waals surface area contributed by atoms with E-state index in [4.69, 9.17) is 15.2 Å². The summed E-state index contributed by atoms with van der Waals surface area (Å²) in [5.41, 5.74) is 6.33. The Morgan fingerprint density at radius 1 is 1.32 bits per heavy atom. The number of amides is 1. The van der Waals surface area contributed by atoms with Gasteiger partial charge in [-0.2, -0.15) is 0 Å². The highest BCUT2D eigenvalue weighted by Crippen LogP contribution is 2.32. The molecular formula is C14H18N2O3. The number of ether oxygens (including phenoxy) is 2. The lowest BCUT2D eigenvalue weighted by atomic mass is 10.0. The van der Waals surface area contributed by atoms with E-state index in [0.29, 0.717) is 29.5 Å². The minimum absolute atomic E-state index is 0.0661. The van der Waals surface area contributed by atoms with E-state index < -0.39 is 0 Å². The van der Waals surface area contributed by atoms with Crippen molar-refractivity contribution in [3.63, 3.8) is 0 Å². The Hall–Kier alpha value is -1.75. The van der Waals surface area contributed by atoms with Crippen molar-refractivity contribution in [3.05, 3.63) is 23.8 Å². The topological polar surface area (TPSA) is 73.6 Å². The molecule has 1 aliphatic carbocycles. The summed E-state index contributed by atoms with van der Waals surface area (Å²) in [6.07, 6.45) is 3.24. The van der Waals surface area contributed by atoms with E-state index >= 15 is 0 Å². The predicted molar refractivity (Wildman–Crippen MR) is 70.2 cm³/mol. The maximum absolute atomic E-state index is 12.2. The van der Waals surface area contributed by atoms with Crippen LogP contribution in [-0.2, 0) is 0 Å². The first kappa shape index (κ1) is 12.3. The first-order valence-corrected chi connectivity index (χ1v) is 6.68. The Kier molecular flexibility index (Phi) is 3.29. The molecule has 0 spiro atoms. The SMILES string of the molecule is NCC1CCCC1NC(=O)c1ccc2c(c1)OCO2.